The molecule has 0 aliphatic carbocycles. The molecule has 0 atom stereocenters. The van der Waals surface area contributed by atoms with E-state index in [1.54, 1.807) is 24.8 Å². The van der Waals surface area contributed by atoms with Crippen molar-refractivity contribution in [2.45, 2.75) is 13.8 Å². The maximum absolute atomic E-state index is 13.1. The molecule has 3 heterocycles. The van der Waals surface area contributed by atoms with Gasteiger partial charge in [0, 0.05) is 37.4 Å². The Kier molecular flexibility index (Phi) is 7.41. The van der Waals surface area contributed by atoms with Crippen molar-refractivity contribution in [3.63, 3.8) is 0 Å². The summed E-state index contributed by atoms with van der Waals surface area (Å²) in [7, 11) is 1.30. The number of H-pyrrole nitrogens is 1. The number of carbonyl (C=O) groups is 3. The van der Waals surface area contributed by atoms with Gasteiger partial charge in [-0.25, -0.2) is 4.79 Å². The van der Waals surface area contributed by atoms with Crippen molar-refractivity contribution in [2.75, 3.05) is 53.0 Å². The minimum Gasteiger partial charge on any atom is -0.464 e. The first-order valence-corrected chi connectivity index (χ1v) is 10.7. The molecule has 0 unspecified atom stereocenters. The molecule has 0 saturated carbocycles. The van der Waals surface area contributed by atoms with Gasteiger partial charge in [-0.05, 0) is 30.9 Å². The minimum atomic E-state index is -0.520. The molecule has 1 saturated heterocycles. The molecule has 30 heavy (non-hydrogen) atoms. The fraction of sp³-hybridized carbons (Fsp3) is 0.476. The maximum atomic E-state index is 13.1. The molecule has 0 spiro atoms. The third-order valence-electron chi connectivity index (χ3n) is 5.25. The Hall–Kier alpha value is -2.49. The van der Waals surface area contributed by atoms with Crippen molar-refractivity contribution in [1.29, 1.82) is 0 Å². The van der Waals surface area contributed by atoms with Crippen LogP contribution in [0.25, 0.3) is 0 Å². The van der Waals surface area contributed by atoms with E-state index < -0.39 is 5.97 Å². The Morgan fingerprint density at radius 2 is 2.00 bits per heavy atom. The number of methoxy groups -OCH3 is 1. The lowest BCUT2D eigenvalue weighted by Crippen LogP contribution is -2.44. The summed E-state index contributed by atoms with van der Waals surface area (Å²) in [6, 6.07) is 3.59. The number of ketones is 1. The molecule has 1 fully saturated rings. The van der Waals surface area contributed by atoms with Crippen LogP contribution in [0, 0.1) is 13.8 Å². The molecule has 162 valence electrons. The lowest BCUT2D eigenvalue weighted by atomic mass is 10.0. The molecule has 0 aromatic carbocycles. The van der Waals surface area contributed by atoms with Crippen LogP contribution in [0.1, 0.15) is 41.8 Å². The summed E-state index contributed by atoms with van der Waals surface area (Å²) in [5.41, 5.74) is 1.84. The van der Waals surface area contributed by atoms with E-state index >= 15 is 0 Å². The summed E-state index contributed by atoms with van der Waals surface area (Å²) in [6.45, 7) is 7.49. The zero-order chi connectivity index (χ0) is 21.7. The number of Topliss-reactive ketones (excluding diaryl/α,β-unsaturated/α-hetero) is 1. The first-order valence-electron chi connectivity index (χ1n) is 9.86. The van der Waals surface area contributed by atoms with Crippen molar-refractivity contribution < 1.29 is 23.9 Å². The predicted octanol–water partition coefficient (Wildman–Crippen LogP) is 2.14. The molecule has 1 aliphatic rings. The fourth-order valence-electron chi connectivity index (χ4n) is 3.62. The van der Waals surface area contributed by atoms with Gasteiger partial charge in [-0.1, -0.05) is 6.07 Å². The summed E-state index contributed by atoms with van der Waals surface area (Å²) in [5, 5.41) is 1.85. The lowest BCUT2D eigenvalue weighted by molar-refractivity contribution is 0.0324. The summed E-state index contributed by atoms with van der Waals surface area (Å²) in [5.74, 6) is -0.887. The standard InChI is InChI=1S/C21H27N3O5S/c1-14-18(15(2)22-19(14)21(27)28-3)16(25)13-24(20(26)17-5-4-12-30-17)7-6-23-8-10-29-11-9-23/h4-5,12,22H,6-11,13H2,1-3H3. The van der Waals surface area contributed by atoms with Crippen LogP contribution in [0.4, 0.5) is 0 Å². The van der Waals surface area contributed by atoms with Gasteiger partial charge in [0.1, 0.15) is 5.69 Å². The van der Waals surface area contributed by atoms with Crippen LogP contribution in [0.2, 0.25) is 0 Å². The summed E-state index contributed by atoms with van der Waals surface area (Å²) < 4.78 is 10.2. The number of aromatic amines is 1. The molecule has 0 radical (unpaired) electrons. The number of thiophene rings is 1. The Morgan fingerprint density at radius 3 is 2.63 bits per heavy atom. The van der Waals surface area contributed by atoms with Crippen molar-refractivity contribution in [2.24, 2.45) is 0 Å². The minimum absolute atomic E-state index is 0.0543. The van der Waals surface area contributed by atoms with E-state index in [0.29, 0.717) is 48.0 Å². The topological polar surface area (TPSA) is 91.9 Å². The summed E-state index contributed by atoms with van der Waals surface area (Å²) in [6.07, 6.45) is 0. The molecule has 1 amide bonds. The number of aromatic nitrogens is 1. The van der Waals surface area contributed by atoms with Crippen molar-refractivity contribution in [3.8, 4) is 0 Å². The normalized spacial score (nSPS) is 14.5. The number of esters is 1. The van der Waals surface area contributed by atoms with Gasteiger partial charge in [0.25, 0.3) is 5.91 Å². The molecule has 2 aromatic heterocycles. The Balaban J connectivity index is 1.78. The van der Waals surface area contributed by atoms with Crippen LogP contribution >= 0.6 is 11.3 Å². The van der Waals surface area contributed by atoms with E-state index in [4.69, 9.17) is 9.47 Å². The van der Waals surface area contributed by atoms with Crippen LogP contribution in [0.15, 0.2) is 17.5 Å². The van der Waals surface area contributed by atoms with Crippen molar-refractivity contribution in [1.82, 2.24) is 14.8 Å². The molecule has 9 heteroatoms. The van der Waals surface area contributed by atoms with Crippen molar-refractivity contribution >= 4 is 29.0 Å². The molecule has 0 bridgehead atoms. The van der Waals surface area contributed by atoms with E-state index in [1.807, 2.05) is 11.4 Å². The fourth-order valence-corrected chi connectivity index (χ4v) is 4.31. The number of ether oxygens (including phenoxy) is 2. The van der Waals surface area contributed by atoms with Gasteiger partial charge in [0.2, 0.25) is 0 Å². The molecular weight excluding hydrogens is 406 g/mol. The number of nitrogens with one attached hydrogen (secondary N) is 1. The van der Waals surface area contributed by atoms with Gasteiger partial charge in [-0.15, -0.1) is 11.3 Å². The van der Waals surface area contributed by atoms with Gasteiger partial charge < -0.3 is 19.4 Å². The monoisotopic (exact) mass is 433 g/mol. The number of nitrogens with zero attached hydrogens (tertiary/aromatic N) is 2. The Labute approximate surface area is 179 Å². The van der Waals surface area contributed by atoms with Crippen LogP contribution in [-0.4, -0.2) is 85.5 Å². The molecule has 3 rings (SSSR count). The molecule has 8 nitrogen and oxygen atoms in total. The van der Waals surface area contributed by atoms with Crippen molar-refractivity contribution in [3.05, 3.63) is 44.9 Å². The number of carbonyl (C=O) groups excluding carboxylic acids is 3. The quantitative estimate of drug-likeness (QED) is 0.507. The van der Waals surface area contributed by atoms with E-state index in [0.717, 1.165) is 13.1 Å². The van der Waals surface area contributed by atoms with Gasteiger partial charge in [0.15, 0.2) is 5.78 Å². The number of amides is 1. The Bertz CT molecular complexity index is 900. The van der Waals surface area contributed by atoms with Gasteiger partial charge >= 0.3 is 5.97 Å². The summed E-state index contributed by atoms with van der Waals surface area (Å²) in [4.78, 5) is 45.5. The van der Waals surface area contributed by atoms with E-state index in [-0.39, 0.29) is 23.9 Å². The van der Waals surface area contributed by atoms with Crippen LogP contribution < -0.4 is 0 Å². The zero-order valence-electron chi connectivity index (χ0n) is 17.5. The first kappa shape index (κ1) is 22.2. The van der Waals surface area contributed by atoms with E-state index in [2.05, 4.69) is 9.88 Å². The number of hydrogen-bond donors (Lipinski definition) is 1. The average molecular weight is 434 g/mol. The number of aryl methyl sites for hydroxylation is 1. The SMILES string of the molecule is COC(=O)c1[nH]c(C)c(C(=O)CN(CCN2CCOCC2)C(=O)c2cccs2)c1C. The first-order chi connectivity index (χ1) is 14.4. The molecule has 2 aromatic rings. The van der Waals surface area contributed by atoms with Gasteiger partial charge in [-0.2, -0.15) is 0 Å². The second-order valence-corrected chi connectivity index (χ2v) is 8.15. The van der Waals surface area contributed by atoms with Crippen LogP contribution in [0.5, 0.6) is 0 Å². The third kappa shape index (κ3) is 4.97. The number of morpholine rings is 1. The largest absolute Gasteiger partial charge is 0.464 e. The lowest BCUT2D eigenvalue weighted by Gasteiger charge is -2.29. The Morgan fingerprint density at radius 1 is 1.27 bits per heavy atom. The highest BCUT2D eigenvalue weighted by Gasteiger charge is 2.26. The van der Waals surface area contributed by atoms with E-state index in [9.17, 15) is 14.4 Å². The second-order valence-electron chi connectivity index (χ2n) is 7.20. The predicted molar refractivity (Wildman–Crippen MR) is 113 cm³/mol. The van der Waals surface area contributed by atoms with Crippen LogP contribution in [0.3, 0.4) is 0 Å². The van der Waals surface area contributed by atoms with Crippen LogP contribution in [-0.2, 0) is 9.47 Å². The smallest absolute Gasteiger partial charge is 0.354 e. The average Bonchev–Trinajstić information content (AvgIpc) is 3.38. The second kappa shape index (κ2) is 10.0. The highest BCUT2D eigenvalue weighted by atomic mass is 32.1. The highest BCUT2D eigenvalue weighted by Crippen LogP contribution is 2.20. The van der Waals surface area contributed by atoms with Gasteiger partial charge in [0.05, 0.1) is 31.7 Å². The molecule has 1 N–H and O–H groups in total. The highest BCUT2D eigenvalue weighted by molar-refractivity contribution is 7.12. The molecule has 1 aliphatic heterocycles. The van der Waals surface area contributed by atoms with E-state index in [1.165, 1.54) is 18.4 Å². The number of rotatable bonds is 8. The molecular formula is C21H27N3O5S. The maximum Gasteiger partial charge on any atom is 0.354 e. The zero-order valence-corrected chi connectivity index (χ0v) is 18.3. The van der Waals surface area contributed by atoms with Gasteiger partial charge in [-0.3, -0.25) is 14.5 Å². The third-order valence-corrected chi connectivity index (χ3v) is 6.11. The number of hydrogen-bond acceptors (Lipinski definition) is 7. The summed E-state index contributed by atoms with van der Waals surface area (Å²) >= 11 is 1.36.